The lowest BCUT2D eigenvalue weighted by Gasteiger charge is -2.19. The van der Waals surface area contributed by atoms with Gasteiger partial charge in [0.15, 0.2) is 9.84 Å². The number of benzene rings is 2. The second-order valence-electron chi connectivity index (χ2n) is 7.14. The minimum Gasteiger partial charge on any atom is -0.496 e. The number of hydrogen-bond acceptors (Lipinski definition) is 3. The fourth-order valence-electron chi connectivity index (χ4n) is 2.46. The largest absolute Gasteiger partial charge is 0.496 e. The molecule has 2 aromatic rings. The SMILES string of the molecule is COc1ccc(Cl)cc1CCc1ccc(CS(=O)(=O)C(C)(C)C)cc1. The minimum absolute atomic E-state index is 0.0683. The van der Waals surface area contributed by atoms with Crippen LogP contribution in [-0.4, -0.2) is 20.3 Å². The van der Waals surface area contributed by atoms with E-state index in [-0.39, 0.29) is 5.75 Å². The third-order valence-electron chi connectivity index (χ3n) is 4.24. The summed E-state index contributed by atoms with van der Waals surface area (Å²) >= 11 is 6.06. The predicted molar refractivity (Wildman–Crippen MR) is 104 cm³/mol. The number of rotatable bonds is 6. The van der Waals surface area contributed by atoms with Crippen molar-refractivity contribution in [3.8, 4) is 5.75 Å². The van der Waals surface area contributed by atoms with Crippen molar-refractivity contribution < 1.29 is 13.2 Å². The van der Waals surface area contributed by atoms with Crippen molar-refractivity contribution >= 4 is 21.4 Å². The van der Waals surface area contributed by atoms with Crippen LogP contribution in [0, 0.1) is 0 Å². The van der Waals surface area contributed by atoms with Crippen LogP contribution in [0.2, 0.25) is 5.02 Å². The highest BCUT2D eigenvalue weighted by molar-refractivity contribution is 7.91. The summed E-state index contributed by atoms with van der Waals surface area (Å²) in [7, 11) is -1.51. The third-order valence-corrected chi connectivity index (χ3v) is 7.05. The van der Waals surface area contributed by atoms with Gasteiger partial charge in [0, 0.05) is 5.02 Å². The zero-order chi connectivity index (χ0) is 18.7. The Labute approximate surface area is 155 Å². The standard InChI is InChI=1S/C20H25ClO3S/c1-20(2,3)25(22,23)14-16-7-5-15(6-8-16)9-10-17-13-18(21)11-12-19(17)24-4/h5-8,11-13H,9-10,14H2,1-4H3. The summed E-state index contributed by atoms with van der Waals surface area (Å²) in [4.78, 5) is 0. The Bertz CT molecular complexity index is 819. The minimum atomic E-state index is -3.16. The number of ether oxygens (including phenoxy) is 1. The van der Waals surface area contributed by atoms with E-state index in [1.807, 2.05) is 42.5 Å². The molecule has 0 unspecified atom stereocenters. The summed E-state index contributed by atoms with van der Waals surface area (Å²) in [6.07, 6.45) is 1.65. The Morgan fingerprint density at radius 1 is 0.960 bits per heavy atom. The van der Waals surface area contributed by atoms with Crippen LogP contribution in [0.5, 0.6) is 5.75 Å². The molecule has 0 amide bonds. The first kappa shape index (κ1) is 19.8. The number of hydrogen-bond donors (Lipinski definition) is 0. The van der Waals surface area contributed by atoms with Gasteiger partial charge in [0.2, 0.25) is 0 Å². The maximum absolute atomic E-state index is 12.3. The van der Waals surface area contributed by atoms with Gasteiger partial charge in [-0.3, -0.25) is 0 Å². The average Bonchev–Trinajstić information content (AvgIpc) is 2.53. The van der Waals surface area contributed by atoms with E-state index in [1.54, 1.807) is 27.9 Å². The van der Waals surface area contributed by atoms with Crippen LogP contribution in [0.4, 0.5) is 0 Å². The molecule has 136 valence electrons. The molecule has 25 heavy (non-hydrogen) atoms. The van der Waals surface area contributed by atoms with E-state index in [0.29, 0.717) is 5.02 Å². The molecule has 0 N–H and O–H groups in total. The van der Waals surface area contributed by atoms with Crippen LogP contribution >= 0.6 is 11.6 Å². The highest BCUT2D eigenvalue weighted by atomic mass is 35.5. The van der Waals surface area contributed by atoms with Crippen LogP contribution in [-0.2, 0) is 28.4 Å². The summed E-state index contributed by atoms with van der Waals surface area (Å²) in [6, 6.07) is 13.4. The van der Waals surface area contributed by atoms with Crippen molar-refractivity contribution in [3.63, 3.8) is 0 Å². The first-order chi connectivity index (χ1) is 11.6. The summed E-state index contributed by atoms with van der Waals surface area (Å²) in [5.74, 6) is 0.899. The molecule has 0 aromatic heterocycles. The Morgan fingerprint density at radius 2 is 1.56 bits per heavy atom. The quantitative estimate of drug-likeness (QED) is 0.719. The molecule has 0 saturated carbocycles. The Morgan fingerprint density at radius 3 is 2.12 bits per heavy atom. The average molecular weight is 381 g/mol. The lowest BCUT2D eigenvalue weighted by atomic mass is 10.0. The molecule has 0 saturated heterocycles. The van der Waals surface area contributed by atoms with Crippen LogP contribution in [0.15, 0.2) is 42.5 Å². The molecule has 0 aliphatic carbocycles. The molecular weight excluding hydrogens is 356 g/mol. The zero-order valence-corrected chi connectivity index (χ0v) is 16.7. The van der Waals surface area contributed by atoms with Crippen LogP contribution in [0.1, 0.15) is 37.5 Å². The number of halogens is 1. The molecule has 0 bridgehead atoms. The Kier molecular flexibility index (Phi) is 6.17. The third kappa shape index (κ3) is 5.23. The van der Waals surface area contributed by atoms with Gasteiger partial charge in [0.05, 0.1) is 17.6 Å². The van der Waals surface area contributed by atoms with E-state index in [9.17, 15) is 8.42 Å². The monoisotopic (exact) mass is 380 g/mol. The highest BCUT2D eigenvalue weighted by Gasteiger charge is 2.28. The molecule has 5 heteroatoms. The van der Waals surface area contributed by atoms with E-state index in [0.717, 1.165) is 35.3 Å². The predicted octanol–water partition coefficient (Wildman–Crippen LogP) is 4.85. The van der Waals surface area contributed by atoms with Gasteiger partial charge in [-0.25, -0.2) is 8.42 Å². The van der Waals surface area contributed by atoms with Gasteiger partial charge in [-0.2, -0.15) is 0 Å². The molecule has 0 aliphatic heterocycles. The van der Waals surface area contributed by atoms with Gasteiger partial charge in [-0.05, 0) is 68.5 Å². The first-order valence-corrected chi connectivity index (χ1v) is 10.3. The zero-order valence-electron chi connectivity index (χ0n) is 15.2. The van der Waals surface area contributed by atoms with Gasteiger partial charge in [-0.15, -0.1) is 0 Å². The molecule has 0 radical (unpaired) electrons. The lowest BCUT2D eigenvalue weighted by Crippen LogP contribution is -2.29. The molecule has 3 nitrogen and oxygen atoms in total. The second kappa shape index (κ2) is 7.79. The molecule has 0 heterocycles. The topological polar surface area (TPSA) is 43.4 Å². The van der Waals surface area contributed by atoms with Crippen molar-refractivity contribution in [2.24, 2.45) is 0 Å². The summed E-state index contributed by atoms with van der Waals surface area (Å²) in [5.41, 5.74) is 3.03. The summed E-state index contributed by atoms with van der Waals surface area (Å²) in [6.45, 7) is 5.19. The second-order valence-corrected chi connectivity index (χ2v) is 10.3. The maximum atomic E-state index is 12.3. The Balaban J connectivity index is 2.05. The normalized spacial score (nSPS) is 12.2. The van der Waals surface area contributed by atoms with Gasteiger partial charge < -0.3 is 4.74 Å². The van der Waals surface area contributed by atoms with Gasteiger partial charge >= 0.3 is 0 Å². The number of methoxy groups -OCH3 is 1. The fourth-order valence-corrected chi connectivity index (χ4v) is 3.72. The highest BCUT2D eigenvalue weighted by Crippen LogP contribution is 2.25. The van der Waals surface area contributed by atoms with Crippen LogP contribution < -0.4 is 4.74 Å². The van der Waals surface area contributed by atoms with Gasteiger partial charge in [-0.1, -0.05) is 35.9 Å². The molecule has 2 rings (SSSR count). The summed E-state index contributed by atoms with van der Waals surface area (Å²) in [5, 5.41) is 0.693. The Hall–Kier alpha value is -1.52. The van der Waals surface area contributed by atoms with E-state index in [1.165, 1.54) is 0 Å². The molecule has 0 spiro atoms. The number of sulfone groups is 1. The fraction of sp³-hybridized carbons (Fsp3) is 0.400. The van der Waals surface area contributed by atoms with Gasteiger partial charge in [0.1, 0.15) is 5.75 Å². The van der Waals surface area contributed by atoms with E-state index < -0.39 is 14.6 Å². The van der Waals surface area contributed by atoms with Crippen molar-refractivity contribution in [3.05, 3.63) is 64.2 Å². The summed E-state index contributed by atoms with van der Waals surface area (Å²) < 4.78 is 29.2. The van der Waals surface area contributed by atoms with Crippen molar-refractivity contribution in [1.29, 1.82) is 0 Å². The van der Waals surface area contributed by atoms with Crippen molar-refractivity contribution in [2.45, 2.75) is 44.1 Å². The molecular formula is C20H25ClO3S. The van der Waals surface area contributed by atoms with E-state index in [4.69, 9.17) is 16.3 Å². The molecule has 0 aliphatic rings. The molecule has 0 fully saturated rings. The van der Waals surface area contributed by atoms with E-state index >= 15 is 0 Å². The van der Waals surface area contributed by atoms with Crippen molar-refractivity contribution in [1.82, 2.24) is 0 Å². The van der Waals surface area contributed by atoms with Gasteiger partial charge in [0.25, 0.3) is 0 Å². The molecule has 0 atom stereocenters. The smallest absolute Gasteiger partial charge is 0.159 e. The van der Waals surface area contributed by atoms with Crippen molar-refractivity contribution in [2.75, 3.05) is 7.11 Å². The number of aryl methyl sites for hydroxylation is 2. The maximum Gasteiger partial charge on any atom is 0.159 e. The van der Waals surface area contributed by atoms with E-state index in [2.05, 4.69) is 0 Å². The lowest BCUT2D eigenvalue weighted by molar-refractivity contribution is 0.409. The molecule has 2 aromatic carbocycles. The van der Waals surface area contributed by atoms with Crippen LogP contribution in [0.3, 0.4) is 0 Å². The first-order valence-electron chi connectivity index (χ1n) is 8.25. The van der Waals surface area contributed by atoms with Crippen LogP contribution in [0.25, 0.3) is 0 Å².